The van der Waals surface area contributed by atoms with E-state index in [1.54, 1.807) is 37.4 Å². The summed E-state index contributed by atoms with van der Waals surface area (Å²) < 4.78 is 22.0. The van der Waals surface area contributed by atoms with Crippen molar-refractivity contribution >= 4 is 27.5 Å². The van der Waals surface area contributed by atoms with Crippen LogP contribution in [-0.4, -0.2) is 44.8 Å². The number of sulfone groups is 1. The molecule has 0 aliphatic carbocycles. The summed E-state index contributed by atoms with van der Waals surface area (Å²) in [5.74, 6) is -0.272. The zero-order valence-electron chi connectivity index (χ0n) is 11.0. The molecule has 0 saturated carbocycles. The molecule has 0 fully saturated rings. The van der Waals surface area contributed by atoms with E-state index in [2.05, 4.69) is 0 Å². The summed E-state index contributed by atoms with van der Waals surface area (Å²) in [7, 11) is -1.49. The second-order valence-corrected chi connectivity index (χ2v) is 6.65. The Labute approximate surface area is 113 Å². The molecular formula is C13H18N2O3S. The molecule has 0 spiro atoms. The number of likely N-dealkylation sites (N-methyl/N-ethyl adjacent to an activating group) is 1. The average molecular weight is 282 g/mol. The number of anilines is 1. The van der Waals surface area contributed by atoms with Crippen molar-refractivity contribution in [2.45, 2.75) is 0 Å². The van der Waals surface area contributed by atoms with Crippen LogP contribution in [0.3, 0.4) is 0 Å². The summed E-state index contributed by atoms with van der Waals surface area (Å²) in [5, 5.41) is 0. The smallest absolute Gasteiger partial charge is 0.246 e. The molecule has 104 valence electrons. The number of amides is 1. The Morgan fingerprint density at radius 2 is 1.89 bits per heavy atom. The first-order valence-corrected chi connectivity index (χ1v) is 7.80. The molecule has 0 heterocycles. The maximum Gasteiger partial charge on any atom is 0.246 e. The van der Waals surface area contributed by atoms with Gasteiger partial charge in [-0.15, -0.1) is 0 Å². The second-order valence-electron chi connectivity index (χ2n) is 4.39. The van der Waals surface area contributed by atoms with E-state index in [9.17, 15) is 13.2 Å². The van der Waals surface area contributed by atoms with Gasteiger partial charge in [0.15, 0.2) is 0 Å². The highest BCUT2D eigenvalue weighted by Crippen LogP contribution is 2.07. The fourth-order valence-corrected chi connectivity index (χ4v) is 1.92. The summed E-state index contributed by atoms with van der Waals surface area (Å²) >= 11 is 0. The lowest BCUT2D eigenvalue weighted by atomic mass is 10.2. The number of nitrogen functional groups attached to an aromatic ring is 1. The molecule has 0 radical (unpaired) electrons. The lowest BCUT2D eigenvalue weighted by Crippen LogP contribution is -2.29. The van der Waals surface area contributed by atoms with Crippen molar-refractivity contribution < 1.29 is 13.2 Å². The van der Waals surface area contributed by atoms with Gasteiger partial charge in [0.25, 0.3) is 0 Å². The molecule has 1 aromatic carbocycles. The van der Waals surface area contributed by atoms with Crippen molar-refractivity contribution in [1.82, 2.24) is 4.90 Å². The molecule has 1 amide bonds. The Kier molecular flexibility index (Phi) is 5.11. The van der Waals surface area contributed by atoms with Crippen LogP contribution in [0.5, 0.6) is 0 Å². The van der Waals surface area contributed by atoms with Crippen molar-refractivity contribution in [3.63, 3.8) is 0 Å². The number of hydrogen-bond acceptors (Lipinski definition) is 4. The van der Waals surface area contributed by atoms with Gasteiger partial charge in [-0.3, -0.25) is 4.79 Å². The Morgan fingerprint density at radius 3 is 2.42 bits per heavy atom. The predicted octanol–water partition coefficient (Wildman–Crippen LogP) is 0.785. The summed E-state index contributed by atoms with van der Waals surface area (Å²) in [4.78, 5) is 13.1. The van der Waals surface area contributed by atoms with Crippen LogP contribution in [0.25, 0.3) is 6.08 Å². The number of hydrogen-bond donors (Lipinski definition) is 1. The molecule has 6 heteroatoms. The highest BCUT2D eigenvalue weighted by molar-refractivity contribution is 7.90. The Morgan fingerprint density at radius 1 is 1.32 bits per heavy atom. The van der Waals surface area contributed by atoms with Gasteiger partial charge in [-0.05, 0) is 23.8 Å². The van der Waals surface area contributed by atoms with Crippen LogP contribution >= 0.6 is 0 Å². The highest BCUT2D eigenvalue weighted by Gasteiger charge is 2.08. The molecule has 0 aromatic heterocycles. The quantitative estimate of drug-likeness (QED) is 0.639. The van der Waals surface area contributed by atoms with Crippen LogP contribution in [0.15, 0.2) is 30.3 Å². The van der Waals surface area contributed by atoms with E-state index in [-0.39, 0.29) is 18.2 Å². The minimum absolute atomic E-state index is 0.0368. The molecule has 1 aromatic rings. The number of benzene rings is 1. The number of carbonyl (C=O) groups excluding carboxylic acids is 1. The normalized spacial score (nSPS) is 11.7. The molecular weight excluding hydrogens is 264 g/mol. The van der Waals surface area contributed by atoms with Gasteiger partial charge < -0.3 is 10.6 Å². The van der Waals surface area contributed by atoms with Crippen LogP contribution in [0.2, 0.25) is 0 Å². The lowest BCUT2D eigenvalue weighted by molar-refractivity contribution is -0.124. The first-order chi connectivity index (χ1) is 8.78. The Bertz CT molecular complexity index is 562. The topological polar surface area (TPSA) is 80.5 Å². The SMILES string of the molecule is CN(CCS(C)(=O)=O)C(=O)/C=C/c1ccc(N)cc1. The van der Waals surface area contributed by atoms with E-state index in [1.807, 2.05) is 0 Å². The fraction of sp³-hybridized carbons (Fsp3) is 0.308. The fourth-order valence-electron chi connectivity index (χ4n) is 1.31. The van der Waals surface area contributed by atoms with Crippen molar-refractivity contribution in [2.75, 3.05) is 31.3 Å². The van der Waals surface area contributed by atoms with Crippen molar-refractivity contribution in [2.24, 2.45) is 0 Å². The maximum atomic E-state index is 11.7. The minimum atomic E-state index is -3.06. The van der Waals surface area contributed by atoms with Gasteiger partial charge in [0, 0.05) is 31.6 Å². The molecule has 19 heavy (non-hydrogen) atoms. The van der Waals surface area contributed by atoms with Crippen LogP contribution in [0, 0.1) is 0 Å². The molecule has 2 N–H and O–H groups in total. The number of carbonyl (C=O) groups is 1. The van der Waals surface area contributed by atoms with Crippen LogP contribution in [0.4, 0.5) is 5.69 Å². The standard InChI is InChI=1S/C13H18N2O3S/c1-15(9-10-19(2,17)18)13(16)8-5-11-3-6-12(14)7-4-11/h3-8H,9-10,14H2,1-2H3/b8-5+. The average Bonchev–Trinajstić information content (AvgIpc) is 2.34. The van der Waals surface area contributed by atoms with E-state index in [0.717, 1.165) is 11.8 Å². The third-order valence-electron chi connectivity index (χ3n) is 2.53. The third-order valence-corrected chi connectivity index (χ3v) is 3.45. The minimum Gasteiger partial charge on any atom is -0.399 e. The largest absolute Gasteiger partial charge is 0.399 e. The van der Waals surface area contributed by atoms with Crippen LogP contribution < -0.4 is 5.73 Å². The maximum absolute atomic E-state index is 11.7. The molecule has 1 rings (SSSR count). The molecule has 0 atom stereocenters. The Balaban J connectivity index is 2.56. The van der Waals surface area contributed by atoms with Crippen LogP contribution in [0.1, 0.15) is 5.56 Å². The van der Waals surface area contributed by atoms with Gasteiger partial charge >= 0.3 is 0 Å². The van der Waals surface area contributed by atoms with Gasteiger partial charge in [-0.2, -0.15) is 0 Å². The number of nitrogens with two attached hydrogens (primary N) is 1. The predicted molar refractivity (Wildman–Crippen MR) is 77.2 cm³/mol. The summed E-state index contributed by atoms with van der Waals surface area (Å²) in [5.41, 5.74) is 7.08. The van der Waals surface area contributed by atoms with Crippen LogP contribution in [-0.2, 0) is 14.6 Å². The van der Waals surface area contributed by atoms with Gasteiger partial charge in [-0.25, -0.2) is 8.42 Å². The monoisotopic (exact) mass is 282 g/mol. The van der Waals surface area contributed by atoms with E-state index >= 15 is 0 Å². The van der Waals surface area contributed by atoms with Gasteiger partial charge in [0.05, 0.1) is 5.75 Å². The second kappa shape index (κ2) is 6.38. The van der Waals surface area contributed by atoms with E-state index < -0.39 is 9.84 Å². The van der Waals surface area contributed by atoms with Crippen molar-refractivity contribution in [1.29, 1.82) is 0 Å². The Hall–Kier alpha value is -1.82. The van der Waals surface area contributed by atoms with E-state index in [0.29, 0.717) is 5.69 Å². The third kappa shape index (κ3) is 6.05. The molecule has 5 nitrogen and oxygen atoms in total. The highest BCUT2D eigenvalue weighted by atomic mass is 32.2. The number of rotatable bonds is 5. The molecule has 0 aliphatic rings. The zero-order chi connectivity index (χ0) is 14.5. The van der Waals surface area contributed by atoms with Crippen molar-refractivity contribution in [3.8, 4) is 0 Å². The lowest BCUT2D eigenvalue weighted by Gasteiger charge is -2.13. The summed E-state index contributed by atoms with van der Waals surface area (Å²) in [6.45, 7) is 0.184. The first-order valence-electron chi connectivity index (χ1n) is 5.74. The zero-order valence-corrected chi connectivity index (χ0v) is 11.9. The molecule has 0 aliphatic heterocycles. The first kappa shape index (κ1) is 15.2. The van der Waals surface area contributed by atoms with Gasteiger partial charge in [-0.1, -0.05) is 12.1 Å². The van der Waals surface area contributed by atoms with Gasteiger partial charge in [0.1, 0.15) is 9.84 Å². The summed E-state index contributed by atoms with van der Waals surface area (Å²) in [6.07, 6.45) is 4.22. The number of nitrogens with zero attached hydrogens (tertiary/aromatic N) is 1. The van der Waals surface area contributed by atoms with Crippen molar-refractivity contribution in [3.05, 3.63) is 35.9 Å². The molecule has 0 unspecified atom stereocenters. The van der Waals surface area contributed by atoms with E-state index in [4.69, 9.17) is 5.73 Å². The molecule has 0 bridgehead atoms. The molecule has 0 saturated heterocycles. The summed E-state index contributed by atoms with van der Waals surface area (Å²) in [6, 6.07) is 7.10. The van der Waals surface area contributed by atoms with Gasteiger partial charge in [0.2, 0.25) is 5.91 Å². The van der Waals surface area contributed by atoms with E-state index in [1.165, 1.54) is 11.0 Å².